The van der Waals surface area contributed by atoms with Crippen molar-refractivity contribution in [2.75, 3.05) is 10.9 Å². The van der Waals surface area contributed by atoms with Crippen LogP contribution >= 0.6 is 0 Å². The van der Waals surface area contributed by atoms with Crippen molar-refractivity contribution in [3.05, 3.63) is 48.5 Å². The first-order valence-corrected chi connectivity index (χ1v) is 9.36. The van der Waals surface area contributed by atoms with Gasteiger partial charge in [0.05, 0.1) is 22.7 Å². The molecule has 0 fully saturated rings. The van der Waals surface area contributed by atoms with E-state index < -0.39 is 10.0 Å². The molecule has 1 aliphatic heterocycles. The molecule has 1 heterocycles. The minimum Gasteiger partial charge on any atom is -0.491 e. The van der Waals surface area contributed by atoms with Gasteiger partial charge in [-0.15, -0.1) is 0 Å². The number of fused-ring (bicyclic) bond motifs is 1. The summed E-state index contributed by atoms with van der Waals surface area (Å²) in [5.41, 5.74) is 0.568. The standard InChI is InChI=1S/C18H21NO4S/c1-13(2)23-15-8-10-16(11-9-15)24(20,21)19-14(3)12-22-18-7-5-4-6-17(18)19/h4-11,13-14H,12H2,1-3H3. The predicted molar refractivity (Wildman–Crippen MR) is 93.3 cm³/mol. The number of sulfonamides is 1. The van der Waals surface area contributed by atoms with E-state index in [9.17, 15) is 8.42 Å². The zero-order valence-corrected chi connectivity index (χ0v) is 14.8. The molecule has 6 heteroatoms. The van der Waals surface area contributed by atoms with Crippen molar-refractivity contribution in [1.29, 1.82) is 0 Å². The summed E-state index contributed by atoms with van der Waals surface area (Å²) in [6.45, 7) is 6.02. The van der Waals surface area contributed by atoms with Crippen LogP contribution in [0.25, 0.3) is 0 Å². The van der Waals surface area contributed by atoms with Crippen molar-refractivity contribution in [2.24, 2.45) is 0 Å². The van der Waals surface area contributed by atoms with E-state index >= 15 is 0 Å². The van der Waals surface area contributed by atoms with Gasteiger partial charge in [0, 0.05) is 0 Å². The SMILES string of the molecule is CC(C)Oc1ccc(S(=O)(=O)N2c3ccccc3OCC2C)cc1. The summed E-state index contributed by atoms with van der Waals surface area (Å²) in [5.74, 6) is 1.23. The Bertz CT molecular complexity index is 815. The first-order chi connectivity index (χ1) is 11.4. The van der Waals surface area contributed by atoms with Crippen molar-refractivity contribution in [3.63, 3.8) is 0 Å². The smallest absolute Gasteiger partial charge is 0.264 e. The summed E-state index contributed by atoms with van der Waals surface area (Å²) in [7, 11) is -3.67. The lowest BCUT2D eigenvalue weighted by molar-refractivity contribution is 0.242. The number of hydrogen-bond donors (Lipinski definition) is 0. The van der Waals surface area contributed by atoms with E-state index in [0.29, 0.717) is 23.8 Å². The quantitative estimate of drug-likeness (QED) is 0.850. The molecular formula is C18H21NO4S. The number of hydrogen-bond acceptors (Lipinski definition) is 4. The fourth-order valence-corrected chi connectivity index (χ4v) is 4.37. The largest absolute Gasteiger partial charge is 0.491 e. The van der Waals surface area contributed by atoms with E-state index in [1.165, 1.54) is 4.31 Å². The molecule has 0 spiro atoms. The third-order valence-electron chi connectivity index (χ3n) is 3.74. The molecule has 0 radical (unpaired) electrons. The van der Waals surface area contributed by atoms with Crippen LogP contribution in [0.1, 0.15) is 20.8 Å². The van der Waals surface area contributed by atoms with Crippen molar-refractivity contribution in [3.8, 4) is 11.5 Å². The molecule has 0 N–H and O–H groups in total. The van der Waals surface area contributed by atoms with Crippen molar-refractivity contribution < 1.29 is 17.9 Å². The molecule has 0 amide bonds. The van der Waals surface area contributed by atoms with E-state index in [0.717, 1.165) is 0 Å². The minimum atomic E-state index is -3.67. The zero-order chi connectivity index (χ0) is 17.3. The van der Waals surface area contributed by atoms with Crippen molar-refractivity contribution in [2.45, 2.75) is 37.8 Å². The van der Waals surface area contributed by atoms with Crippen LogP contribution in [0.3, 0.4) is 0 Å². The fraction of sp³-hybridized carbons (Fsp3) is 0.333. The van der Waals surface area contributed by atoms with Crippen LogP contribution in [0.4, 0.5) is 5.69 Å². The Hall–Kier alpha value is -2.21. The van der Waals surface area contributed by atoms with E-state index in [1.54, 1.807) is 36.4 Å². The third-order valence-corrected chi connectivity index (χ3v) is 5.68. The highest BCUT2D eigenvalue weighted by Crippen LogP contribution is 2.37. The summed E-state index contributed by atoms with van der Waals surface area (Å²) in [5, 5.41) is 0. The van der Waals surface area contributed by atoms with Crippen LogP contribution in [-0.2, 0) is 10.0 Å². The summed E-state index contributed by atoms with van der Waals surface area (Å²) >= 11 is 0. The van der Waals surface area contributed by atoms with Crippen LogP contribution in [0, 0.1) is 0 Å². The van der Waals surface area contributed by atoms with Gasteiger partial charge in [0.1, 0.15) is 18.1 Å². The lowest BCUT2D eigenvalue weighted by Crippen LogP contribution is -2.44. The molecule has 2 aromatic carbocycles. The van der Waals surface area contributed by atoms with E-state index in [1.807, 2.05) is 32.9 Å². The molecule has 1 aliphatic rings. The summed E-state index contributed by atoms with van der Waals surface area (Å²) in [4.78, 5) is 0.238. The molecule has 0 bridgehead atoms. The molecule has 128 valence electrons. The topological polar surface area (TPSA) is 55.8 Å². The molecule has 0 saturated heterocycles. The van der Waals surface area contributed by atoms with Crippen LogP contribution < -0.4 is 13.8 Å². The Kier molecular flexibility index (Phi) is 4.41. The Labute approximate surface area is 142 Å². The Morgan fingerprint density at radius 3 is 2.46 bits per heavy atom. The van der Waals surface area contributed by atoms with E-state index in [2.05, 4.69) is 0 Å². The molecular weight excluding hydrogens is 326 g/mol. The average Bonchev–Trinajstić information content (AvgIpc) is 2.54. The monoisotopic (exact) mass is 347 g/mol. The molecule has 0 aromatic heterocycles. The number of para-hydroxylation sites is 2. The number of benzene rings is 2. The second-order valence-corrected chi connectivity index (χ2v) is 7.88. The highest BCUT2D eigenvalue weighted by molar-refractivity contribution is 7.92. The molecule has 0 saturated carbocycles. The maximum Gasteiger partial charge on any atom is 0.264 e. The Balaban J connectivity index is 1.98. The van der Waals surface area contributed by atoms with Gasteiger partial charge in [0.15, 0.2) is 0 Å². The Morgan fingerprint density at radius 2 is 1.79 bits per heavy atom. The highest BCUT2D eigenvalue weighted by atomic mass is 32.2. The molecule has 1 atom stereocenters. The second kappa shape index (κ2) is 6.36. The highest BCUT2D eigenvalue weighted by Gasteiger charge is 2.34. The van der Waals surface area contributed by atoms with Gasteiger partial charge in [-0.3, -0.25) is 4.31 Å². The van der Waals surface area contributed by atoms with Gasteiger partial charge >= 0.3 is 0 Å². The van der Waals surface area contributed by atoms with Gasteiger partial charge in [0.25, 0.3) is 10.0 Å². The van der Waals surface area contributed by atoms with Crippen LogP contribution in [0.5, 0.6) is 11.5 Å². The summed E-state index contributed by atoms with van der Waals surface area (Å²) < 4.78 is 38.9. The molecule has 3 rings (SSSR count). The van der Waals surface area contributed by atoms with Crippen molar-refractivity contribution in [1.82, 2.24) is 0 Å². The molecule has 24 heavy (non-hydrogen) atoms. The minimum absolute atomic E-state index is 0.0404. The Morgan fingerprint density at radius 1 is 1.12 bits per heavy atom. The van der Waals surface area contributed by atoms with Crippen LogP contribution in [0.2, 0.25) is 0 Å². The lowest BCUT2D eigenvalue weighted by Gasteiger charge is -2.35. The maximum atomic E-state index is 13.1. The summed E-state index contributed by atoms with van der Waals surface area (Å²) in [6, 6.07) is 13.4. The predicted octanol–water partition coefficient (Wildman–Crippen LogP) is 3.45. The van der Waals surface area contributed by atoms with Gasteiger partial charge in [-0.25, -0.2) is 8.42 Å². The van der Waals surface area contributed by atoms with Gasteiger partial charge in [-0.1, -0.05) is 12.1 Å². The molecule has 1 unspecified atom stereocenters. The average molecular weight is 347 g/mol. The van der Waals surface area contributed by atoms with E-state index in [-0.39, 0.29) is 17.0 Å². The number of ether oxygens (including phenoxy) is 2. The number of rotatable bonds is 4. The van der Waals surface area contributed by atoms with Gasteiger partial charge in [0.2, 0.25) is 0 Å². The maximum absolute atomic E-state index is 13.1. The summed E-state index contributed by atoms with van der Waals surface area (Å²) in [6.07, 6.45) is 0.0404. The first-order valence-electron chi connectivity index (χ1n) is 7.92. The molecule has 2 aromatic rings. The third kappa shape index (κ3) is 3.06. The molecule has 0 aliphatic carbocycles. The molecule has 5 nitrogen and oxygen atoms in total. The van der Waals surface area contributed by atoms with Crippen LogP contribution in [-0.4, -0.2) is 27.2 Å². The first kappa shape index (κ1) is 16.6. The van der Waals surface area contributed by atoms with Gasteiger partial charge in [-0.2, -0.15) is 0 Å². The fourth-order valence-electron chi connectivity index (χ4n) is 2.72. The van der Waals surface area contributed by atoms with Crippen molar-refractivity contribution >= 4 is 15.7 Å². The lowest BCUT2D eigenvalue weighted by atomic mass is 10.2. The normalized spacial score (nSPS) is 17.3. The number of anilines is 1. The number of nitrogens with zero attached hydrogens (tertiary/aromatic N) is 1. The second-order valence-electron chi connectivity index (χ2n) is 6.07. The zero-order valence-electron chi connectivity index (χ0n) is 14.0. The van der Waals surface area contributed by atoms with Crippen LogP contribution in [0.15, 0.2) is 53.4 Å². The van der Waals surface area contributed by atoms with E-state index in [4.69, 9.17) is 9.47 Å². The van der Waals surface area contributed by atoms with Gasteiger partial charge < -0.3 is 9.47 Å². The van der Waals surface area contributed by atoms with Gasteiger partial charge in [-0.05, 0) is 57.2 Å².